The molecule has 0 saturated heterocycles. The lowest BCUT2D eigenvalue weighted by Crippen LogP contribution is -2.51. The number of amides is 3. The summed E-state index contributed by atoms with van der Waals surface area (Å²) in [5.41, 5.74) is 1.70. The number of aromatic nitrogens is 2. The lowest BCUT2D eigenvalue weighted by Gasteiger charge is -2.40. The fraction of sp³-hybridized carbons (Fsp3) is 0.240. The van der Waals surface area contributed by atoms with Gasteiger partial charge in [-0.05, 0) is 24.3 Å². The zero-order valence-electron chi connectivity index (χ0n) is 19.7. The summed E-state index contributed by atoms with van der Waals surface area (Å²) in [7, 11) is 2.95. The predicted molar refractivity (Wildman–Crippen MR) is 130 cm³/mol. The van der Waals surface area contributed by atoms with E-state index >= 15 is 0 Å². The molecule has 1 aromatic heterocycles. The molecule has 2 aromatic carbocycles. The van der Waals surface area contributed by atoms with Gasteiger partial charge in [0.2, 0.25) is 11.9 Å². The van der Waals surface area contributed by atoms with Crippen LogP contribution < -0.4 is 25.0 Å². The normalized spacial score (nSPS) is 15.7. The highest BCUT2D eigenvalue weighted by Crippen LogP contribution is 2.49. The summed E-state index contributed by atoms with van der Waals surface area (Å²) in [4.78, 5) is 51.1. The number of ether oxygens (including phenoxy) is 2. The molecule has 2 aliphatic rings. The van der Waals surface area contributed by atoms with E-state index < -0.39 is 6.17 Å². The first-order chi connectivity index (χ1) is 17.5. The van der Waals surface area contributed by atoms with Crippen molar-refractivity contribution in [1.82, 2.24) is 20.2 Å². The van der Waals surface area contributed by atoms with Gasteiger partial charge in [-0.15, -0.1) is 0 Å². The summed E-state index contributed by atoms with van der Waals surface area (Å²) in [5, 5.41) is 5.81. The number of para-hydroxylation sites is 1. The third-order valence-corrected chi connectivity index (χ3v) is 6.09. The second-order valence-electron chi connectivity index (χ2n) is 8.11. The van der Waals surface area contributed by atoms with Gasteiger partial charge in [0.15, 0.2) is 11.5 Å². The van der Waals surface area contributed by atoms with E-state index in [1.165, 1.54) is 24.0 Å². The Morgan fingerprint density at radius 1 is 0.972 bits per heavy atom. The van der Waals surface area contributed by atoms with Gasteiger partial charge in [0.25, 0.3) is 11.8 Å². The molecule has 3 heterocycles. The number of nitrogens with zero attached hydrogens (tertiary/aromatic N) is 4. The smallest absolute Gasteiger partial charge is 0.264 e. The van der Waals surface area contributed by atoms with Crippen LogP contribution in [0.3, 0.4) is 0 Å². The minimum absolute atomic E-state index is 0.239. The molecule has 1 atom stereocenters. The highest BCUT2D eigenvalue weighted by molar-refractivity contribution is 6.18. The van der Waals surface area contributed by atoms with Crippen LogP contribution in [0.4, 0.5) is 11.6 Å². The maximum Gasteiger partial charge on any atom is 0.264 e. The van der Waals surface area contributed by atoms with Crippen LogP contribution in [0.1, 0.15) is 32.4 Å². The Bertz CT molecular complexity index is 1330. The average molecular weight is 489 g/mol. The van der Waals surface area contributed by atoms with Crippen LogP contribution in [0.5, 0.6) is 11.5 Å². The Labute approximate surface area is 207 Å². The Kier molecular flexibility index (Phi) is 6.11. The second-order valence-corrected chi connectivity index (χ2v) is 8.11. The van der Waals surface area contributed by atoms with Crippen molar-refractivity contribution in [2.75, 3.05) is 44.1 Å². The van der Waals surface area contributed by atoms with Crippen LogP contribution in [-0.4, -0.2) is 66.4 Å². The summed E-state index contributed by atoms with van der Waals surface area (Å²) < 4.78 is 10.9. The molecule has 11 heteroatoms. The summed E-state index contributed by atoms with van der Waals surface area (Å²) >= 11 is 0. The molecule has 2 N–H and O–H groups in total. The van der Waals surface area contributed by atoms with Crippen LogP contribution >= 0.6 is 0 Å². The number of nitrogens with one attached hydrogen (secondary N) is 2. The lowest BCUT2D eigenvalue weighted by molar-refractivity contribution is -0.122. The number of carbonyl (C=O) groups excluding carboxylic acids is 3. The number of hydrogen-bond donors (Lipinski definition) is 2. The molecule has 184 valence electrons. The fourth-order valence-electron chi connectivity index (χ4n) is 4.56. The number of hydrogen-bond acceptors (Lipinski definition) is 8. The van der Waals surface area contributed by atoms with Crippen molar-refractivity contribution in [2.45, 2.75) is 6.17 Å². The topological polar surface area (TPSA) is 126 Å². The van der Waals surface area contributed by atoms with E-state index in [9.17, 15) is 14.4 Å². The molecular weight excluding hydrogens is 464 g/mol. The number of benzene rings is 2. The van der Waals surface area contributed by atoms with E-state index in [0.29, 0.717) is 47.2 Å². The quantitative estimate of drug-likeness (QED) is 0.460. The van der Waals surface area contributed by atoms with Crippen LogP contribution in [-0.2, 0) is 4.79 Å². The van der Waals surface area contributed by atoms with Crippen molar-refractivity contribution >= 4 is 29.4 Å². The lowest BCUT2D eigenvalue weighted by atomic mass is 10.0. The van der Waals surface area contributed by atoms with Crippen molar-refractivity contribution in [3.05, 3.63) is 71.5 Å². The Morgan fingerprint density at radius 2 is 1.75 bits per heavy atom. The van der Waals surface area contributed by atoms with Gasteiger partial charge in [-0.25, -0.2) is 9.97 Å². The number of fused-ring (bicyclic) bond motifs is 5. The van der Waals surface area contributed by atoms with Crippen LogP contribution in [0.2, 0.25) is 0 Å². The zero-order chi connectivity index (χ0) is 25.2. The predicted octanol–water partition coefficient (Wildman–Crippen LogP) is 1.84. The minimum Gasteiger partial charge on any atom is -0.493 e. The van der Waals surface area contributed by atoms with Crippen molar-refractivity contribution in [3.8, 4) is 11.5 Å². The molecule has 3 aromatic rings. The molecule has 0 saturated carbocycles. The number of methoxy groups -OCH3 is 2. The van der Waals surface area contributed by atoms with Gasteiger partial charge < -0.3 is 25.0 Å². The largest absolute Gasteiger partial charge is 0.493 e. The van der Waals surface area contributed by atoms with Crippen molar-refractivity contribution < 1.29 is 23.9 Å². The Hall–Kier alpha value is -4.67. The van der Waals surface area contributed by atoms with E-state index in [1.807, 2.05) is 0 Å². The molecule has 11 nitrogen and oxygen atoms in total. The Morgan fingerprint density at radius 3 is 2.50 bits per heavy atom. The summed E-state index contributed by atoms with van der Waals surface area (Å²) in [6.45, 7) is 0.461. The van der Waals surface area contributed by atoms with Gasteiger partial charge in [-0.1, -0.05) is 18.2 Å². The highest BCUT2D eigenvalue weighted by Gasteiger charge is 2.50. The van der Waals surface area contributed by atoms with E-state index in [0.717, 1.165) is 0 Å². The van der Waals surface area contributed by atoms with Crippen LogP contribution in [0, 0.1) is 0 Å². The van der Waals surface area contributed by atoms with E-state index in [2.05, 4.69) is 20.6 Å². The third-order valence-electron chi connectivity index (χ3n) is 6.09. The highest BCUT2D eigenvalue weighted by atomic mass is 16.5. The SMILES string of the molecule is COc1ccc2c(c1OC)C(=O)N1c3ccccc3C(=O)N(CC(=O)NCCNc3ncccn3)[C@H]21. The molecule has 0 spiro atoms. The van der Waals surface area contributed by atoms with E-state index in [1.54, 1.807) is 54.9 Å². The van der Waals surface area contributed by atoms with Gasteiger partial charge in [-0.2, -0.15) is 0 Å². The molecule has 0 fully saturated rings. The van der Waals surface area contributed by atoms with Crippen molar-refractivity contribution in [1.29, 1.82) is 0 Å². The maximum atomic E-state index is 13.7. The third kappa shape index (κ3) is 3.84. The van der Waals surface area contributed by atoms with Crippen molar-refractivity contribution in [2.24, 2.45) is 0 Å². The first-order valence-electron chi connectivity index (χ1n) is 11.3. The maximum absolute atomic E-state index is 13.7. The van der Waals surface area contributed by atoms with Crippen molar-refractivity contribution in [3.63, 3.8) is 0 Å². The Balaban J connectivity index is 1.42. The molecule has 0 radical (unpaired) electrons. The van der Waals surface area contributed by atoms with Gasteiger partial charge in [0.05, 0.1) is 31.0 Å². The van der Waals surface area contributed by atoms with Crippen LogP contribution in [0.25, 0.3) is 0 Å². The summed E-state index contributed by atoms with van der Waals surface area (Å²) in [5.74, 6) is 0.119. The molecule has 0 aliphatic carbocycles. The molecule has 5 rings (SSSR count). The first kappa shape index (κ1) is 23.1. The molecule has 2 aliphatic heterocycles. The standard InChI is InChI=1S/C25H24N6O5/c1-35-18-9-8-16-20(21(18)36-2)24(34)31-17-7-4-3-6-15(17)23(33)30(22(16)31)14-19(32)26-12-13-29-25-27-10-5-11-28-25/h3-11,22H,12-14H2,1-2H3,(H,26,32)(H,27,28,29)/t22-/m0/s1. The van der Waals surface area contributed by atoms with E-state index in [-0.39, 0.29) is 30.0 Å². The van der Waals surface area contributed by atoms with E-state index in [4.69, 9.17) is 9.47 Å². The molecule has 0 unspecified atom stereocenters. The first-order valence-corrected chi connectivity index (χ1v) is 11.3. The summed E-state index contributed by atoms with van der Waals surface area (Å²) in [6, 6.07) is 12.0. The monoisotopic (exact) mass is 488 g/mol. The summed E-state index contributed by atoms with van der Waals surface area (Å²) in [6.07, 6.45) is 2.44. The fourth-order valence-corrected chi connectivity index (χ4v) is 4.56. The molecule has 36 heavy (non-hydrogen) atoms. The molecule has 0 bridgehead atoms. The number of anilines is 2. The second kappa shape index (κ2) is 9.53. The van der Waals surface area contributed by atoms with Gasteiger partial charge >= 0.3 is 0 Å². The molecular formula is C25H24N6O5. The minimum atomic E-state index is -0.795. The van der Waals surface area contributed by atoms with Gasteiger partial charge in [0, 0.05) is 31.0 Å². The van der Waals surface area contributed by atoms with Gasteiger partial charge in [-0.3, -0.25) is 19.3 Å². The van der Waals surface area contributed by atoms with Gasteiger partial charge in [0.1, 0.15) is 12.7 Å². The number of carbonyl (C=O) groups is 3. The average Bonchev–Trinajstić information content (AvgIpc) is 3.21. The number of rotatable bonds is 8. The van der Waals surface area contributed by atoms with Crippen LogP contribution in [0.15, 0.2) is 54.9 Å². The zero-order valence-corrected chi connectivity index (χ0v) is 19.7. The molecule has 3 amide bonds.